The molecule has 1 amide bonds. The molecule has 2 heterocycles. The molecular weight excluding hydrogens is 348 g/mol. The first kappa shape index (κ1) is 20.6. The second kappa shape index (κ2) is 10.4. The highest BCUT2D eigenvalue weighted by molar-refractivity contribution is 5.95. The molecule has 0 atom stereocenters. The Hall–Kier alpha value is -2.14. The van der Waals surface area contributed by atoms with E-state index in [0.717, 1.165) is 55.7 Å². The molecule has 5 heteroatoms. The summed E-state index contributed by atoms with van der Waals surface area (Å²) in [6, 6.07) is 10.3. The molecule has 1 N–H and O–H groups in total. The lowest BCUT2D eigenvalue weighted by atomic mass is 10.1. The summed E-state index contributed by atoms with van der Waals surface area (Å²) in [5, 5.41) is 6.79. The molecule has 0 aliphatic carbocycles. The maximum Gasteiger partial charge on any atom is 0.286 e. The Morgan fingerprint density at radius 1 is 1.04 bits per heavy atom. The lowest BCUT2D eigenvalue weighted by Crippen LogP contribution is -2.45. The molecule has 1 fully saturated rings. The molecule has 28 heavy (non-hydrogen) atoms. The van der Waals surface area contributed by atoms with E-state index in [-0.39, 0.29) is 5.91 Å². The Kier molecular flexibility index (Phi) is 7.66. The third-order valence-corrected chi connectivity index (χ3v) is 5.54. The average Bonchev–Trinajstić information content (AvgIpc) is 3.05. The van der Waals surface area contributed by atoms with E-state index in [2.05, 4.69) is 24.5 Å². The summed E-state index contributed by atoms with van der Waals surface area (Å²) in [6.07, 6.45) is 9.62. The SMILES string of the molecule is CCCCCCCn1nc(C(=O)NN2CCCCC2)c(C)c1-c1ccccc1. The third kappa shape index (κ3) is 5.22. The molecule has 0 unspecified atom stereocenters. The number of aryl methyl sites for hydroxylation is 1. The Bertz CT molecular complexity index is 747. The first-order valence-corrected chi connectivity index (χ1v) is 10.9. The minimum atomic E-state index is -0.0821. The van der Waals surface area contributed by atoms with Crippen molar-refractivity contribution in [2.45, 2.75) is 71.8 Å². The molecule has 0 bridgehead atoms. The van der Waals surface area contributed by atoms with Crippen molar-refractivity contribution in [3.8, 4) is 11.3 Å². The van der Waals surface area contributed by atoms with E-state index < -0.39 is 0 Å². The maximum atomic E-state index is 12.9. The van der Waals surface area contributed by atoms with Gasteiger partial charge in [-0.15, -0.1) is 0 Å². The van der Waals surface area contributed by atoms with Crippen LogP contribution in [-0.2, 0) is 6.54 Å². The zero-order chi connectivity index (χ0) is 19.8. The molecule has 1 aliphatic heterocycles. The number of aromatic nitrogens is 2. The van der Waals surface area contributed by atoms with Crippen molar-refractivity contribution in [1.82, 2.24) is 20.2 Å². The van der Waals surface area contributed by atoms with Crippen LogP contribution in [0.4, 0.5) is 0 Å². The van der Waals surface area contributed by atoms with Crippen LogP contribution in [0, 0.1) is 6.92 Å². The van der Waals surface area contributed by atoms with Gasteiger partial charge in [0.15, 0.2) is 5.69 Å². The highest BCUT2D eigenvalue weighted by Gasteiger charge is 2.23. The topological polar surface area (TPSA) is 50.2 Å². The van der Waals surface area contributed by atoms with E-state index in [1.54, 1.807) is 0 Å². The number of carbonyl (C=O) groups excluding carboxylic acids is 1. The number of hydrogen-bond acceptors (Lipinski definition) is 3. The monoisotopic (exact) mass is 382 g/mol. The van der Waals surface area contributed by atoms with Gasteiger partial charge in [-0.05, 0) is 26.2 Å². The van der Waals surface area contributed by atoms with Gasteiger partial charge in [-0.2, -0.15) is 5.10 Å². The Morgan fingerprint density at radius 2 is 1.75 bits per heavy atom. The summed E-state index contributed by atoms with van der Waals surface area (Å²) in [4.78, 5) is 12.9. The number of piperidine rings is 1. The van der Waals surface area contributed by atoms with Crippen LogP contribution >= 0.6 is 0 Å². The number of hydrogen-bond donors (Lipinski definition) is 1. The van der Waals surface area contributed by atoms with Gasteiger partial charge in [0.2, 0.25) is 0 Å². The lowest BCUT2D eigenvalue weighted by Gasteiger charge is -2.26. The van der Waals surface area contributed by atoms with Crippen LogP contribution in [0.1, 0.15) is 74.3 Å². The quantitative estimate of drug-likeness (QED) is 0.624. The largest absolute Gasteiger partial charge is 0.286 e. The summed E-state index contributed by atoms with van der Waals surface area (Å²) in [5.41, 5.74) is 6.78. The molecule has 0 radical (unpaired) electrons. The molecule has 1 saturated heterocycles. The number of nitrogens with one attached hydrogen (secondary N) is 1. The fourth-order valence-electron chi connectivity index (χ4n) is 3.96. The van der Waals surface area contributed by atoms with Crippen LogP contribution in [0.25, 0.3) is 11.3 Å². The molecule has 152 valence electrons. The van der Waals surface area contributed by atoms with Crippen LogP contribution in [0.5, 0.6) is 0 Å². The summed E-state index contributed by atoms with van der Waals surface area (Å²) in [5.74, 6) is -0.0821. The minimum Gasteiger partial charge on any atom is -0.283 e. The number of amides is 1. The van der Waals surface area contributed by atoms with Crippen molar-refractivity contribution < 1.29 is 4.79 Å². The van der Waals surface area contributed by atoms with Gasteiger partial charge in [0.1, 0.15) is 0 Å². The van der Waals surface area contributed by atoms with Crippen LogP contribution < -0.4 is 5.43 Å². The summed E-state index contributed by atoms with van der Waals surface area (Å²) in [6.45, 7) is 6.96. The van der Waals surface area contributed by atoms with Gasteiger partial charge in [0.05, 0.1) is 5.69 Å². The second-order valence-corrected chi connectivity index (χ2v) is 7.81. The predicted octanol–water partition coefficient (Wildman–Crippen LogP) is 4.96. The number of nitrogens with zero attached hydrogens (tertiary/aromatic N) is 3. The van der Waals surface area contributed by atoms with Gasteiger partial charge in [0.25, 0.3) is 5.91 Å². The predicted molar refractivity (Wildman–Crippen MR) is 114 cm³/mol. The highest BCUT2D eigenvalue weighted by Crippen LogP contribution is 2.26. The summed E-state index contributed by atoms with van der Waals surface area (Å²) < 4.78 is 2.04. The molecule has 5 nitrogen and oxygen atoms in total. The highest BCUT2D eigenvalue weighted by atomic mass is 16.2. The zero-order valence-corrected chi connectivity index (χ0v) is 17.4. The van der Waals surface area contributed by atoms with Crippen LogP contribution in [0.15, 0.2) is 30.3 Å². The van der Waals surface area contributed by atoms with E-state index >= 15 is 0 Å². The van der Waals surface area contributed by atoms with Crippen molar-refractivity contribution >= 4 is 5.91 Å². The first-order valence-electron chi connectivity index (χ1n) is 10.9. The van der Waals surface area contributed by atoms with Gasteiger partial charge in [0, 0.05) is 30.8 Å². The number of benzene rings is 1. The number of hydrazine groups is 1. The Morgan fingerprint density at radius 3 is 2.46 bits per heavy atom. The summed E-state index contributed by atoms with van der Waals surface area (Å²) in [7, 11) is 0. The third-order valence-electron chi connectivity index (χ3n) is 5.54. The van der Waals surface area contributed by atoms with Crippen LogP contribution in [0.3, 0.4) is 0 Å². The normalized spacial score (nSPS) is 14.9. The van der Waals surface area contributed by atoms with Crippen molar-refractivity contribution in [2.24, 2.45) is 0 Å². The lowest BCUT2D eigenvalue weighted by molar-refractivity contribution is 0.0743. The maximum absolute atomic E-state index is 12.9. The summed E-state index contributed by atoms with van der Waals surface area (Å²) >= 11 is 0. The van der Waals surface area contributed by atoms with Crippen molar-refractivity contribution in [3.05, 3.63) is 41.6 Å². The molecule has 3 rings (SSSR count). The van der Waals surface area contributed by atoms with Crippen LogP contribution in [0.2, 0.25) is 0 Å². The van der Waals surface area contributed by atoms with E-state index in [0.29, 0.717) is 5.69 Å². The fourth-order valence-corrected chi connectivity index (χ4v) is 3.96. The molecule has 1 aromatic carbocycles. The van der Waals surface area contributed by atoms with E-state index in [9.17, 15) is 4.79 Å². The molecule has 2 aromatic rings. The van der Waals surface area contributed by atoms with Crippen molar-refractivity contribution in [1.29, 1.82) is 0 Å². The molecule has 1 aromatic heterocycles. The molecule has 0 saturated carbocycles. The molecular formula is C23H34N4O. The first-order chi connectivity index (χ1) is 13.7. The van der Waals surface area contributed by atoms with Gasteiger partial charge in [-0.3, -0.25) is 14.9 Å². The van der Waals surface area contributed by atoms with E-state index in [1.165, 1.54) is 32.1 Å². The second-order valence-electron chi connectivity index (χ2n) is 7.81. The van der Waals surface area contributed by atoms with E-state index in [4.69, 9.17) is 5.10 Å². The average molecular weight is 383 g/mol. The minimum absolute atomic E-state index is 0.0821. The molecule has 0 spiro atoms. The standard InChI is InChI=1S/C23H34N4O/c1-3-4-5-6-13-18-27-22(20-14-9-7-10-15-20)19(2)21(24-27)23(28)25-26-16-11-8-12-17-26/h7,9-10,14-15H,3-6,8,11-13,16-18H2,1-2H3,(H,25,28). The zero-order valence-electron chi connectivity index (χ0n) is 17.4. The number of rotatable bonds is 9. The number of unbranched alkanes of at least 4 members (excludes halogenated alkanes) is 4. The fraction of sp³-hybridized carbons (Fsp3) is 0.565. The van der Waals surface area contributed by atoms with Gasteiger partial charge in [-0.1, -0.05) is 69.4 Å². The van der Waals surface area contributed by atoms with Crippen LogP contribution in [-0.4, -0.2) is 33.8 Å². The number of carbonyl (C=O) groups is 1. The van der Waals surface area contributed by atoms with Gasteiger partial charge < -0.3 is 0 Å². The smallest absolute Gasteiger partial charge is 0.283 e. The Balaban J connectivity index is 1.79. The van der Waals surface area contributed by atoms with E-state index in [1.807, 2.05) is 34.8 Å². The molecule has 1 aliphatic rings. The van der Waals surface area contributed by atoms with Crippen molar-refractivity contribution in [2.75, 3.05) is 13.1 Å². The van der Waals surface area contributed by atoms with Gasteiger partial charge >= 0.3 is 0 Å². The van der Waals surface area contributed by atoms with Gasteiger partial charge in [-0.25, -0.2) is 5.01 Å². The van der Waals surface area contributed by atoms with Crippen molar-refractivity contribution in [3.63, 3.8) is 0 Å². The Labute approximate surface area is 169 Å².